The van der Waals surface area contributed by atoms with Gasteiger partial charge in [0.2, 0.25) is 0 Å². The summed E-state index contributed by atoms with van der Waals surface area (Å²) in [5.41, 5.74) is 4.83. The zero-order valence-electron chi connectivity index (χ0n) is 32.9. The second kappa shape index (κ2) is 15.5. The Morgan fingerprint density at radius 1 is 0.929 bits per heavy atom. The summed E-state index contributed by atoms with van der Waals surface area (Å²) in [5, 5.41) is 4.18. The molecular formula is C42H51N5O8S. The molecule has 3 unspecified atom stereocenters. The molecule has 3 aliphatic rings. The first-order valence-electron chi connectivity index (χ1n) is 19.2. The van der Waals surface area contributed by atoms with E-state index >= 15 is 0 Å². The van der Waals surface area contributed by atoms with Crippen LogP contribution in [0.4, 0.5) is 0 Å². The number of aromatic nitrogens is 1. The average molecular weight is 786 g/mol. The summed E-state index contributed by atoms with van der Waals surface area (Å²) in [5.74, 6) is -0.842. The van der Waals surface area contributed by atoms with E-state index in [-0.39, 0.29) is 37.1 Å². The molecule has 1 aromatic heterocycles. The Bertz CT molecular complexity index is 2260. The van der Waals surface area contributed by atoms with Gasteiger partial charge in [0.25, 0.3) is 5.91 Å². The Kier molecular flexibility index (Phi) is 10.9. The number of methoxy groups -OCH3 is 2. The van der Waals surface area contributed by atoms with Gasteiger partial charge in [-0.2, -0.15) is 12.7 Å². The Hall–Kier alpha value is -4.92. The van der Waals surface area contributed by atoms with Crippen molar-refractivity contribution < 1.29 is 37.0 Å². The molecule has 3 heterocycles. The van der Waals surface area contributed by atoms with Crippen LogP contribution < -0.4 is 19.5 Å². The summed E-state index contributed by atoms with van der Waals surface area (Å²) in [4.78, 5) is 43.6. The van der Waals surface area contributed by atoms with Gasteiger partial charge in [-0.3, -0.25) is 14.4 Å². The van der Waals surface area contributed by atoms with E-state index in [0.29, 0.717) is 18.1 Å². The summed E-state index contributed by atoms with van der Waals surface area (Å²) in [7, 11) is 1.88. The Balaban J connectivity index is 1.34. The molecule has 1 saturated carbocycles. The molecule has 4 aromatic rings. The lowest BCUT2D eigenvalue weighted by molar-refractivity contribution is -0.152. The molecule has 0 spiro atoms. The maximum atomic E-state index is 14.3. The quantitative estimate of drug-likeness (QED) is 0.223. The van der Waals surface area contributed by atoms with E-state index in [9.17, 15) is 22.8 Å². The Morgan fingerprint density at radius 3 is 2.30 bits per heavy atom. The SMILES string of the molecule is COc1ccc(C2COCCN2C(=O)C(=O)NC2(C)Cn3c(c(C4CCCCC4)c4ccc(C(=O)NS(=O)(=O)N(C)C)cc43)-c3ccc(OC)cc3C2C)cc1. The third kappa shape index (κ3) is 7.25. The minimum atomic E-state index is -4.04. The highest BCUT2D eigenvalue weighted by Gasteiger charge is 2.44. The molecule has 56 heavy (non-hydrogen) atoms. The van der Waals surface area contributed by atoms with Crippen LogP contribution in [0.5, 0.6) is 11.5 Å². The van der Waals surface area contributed by atoms with Crippen molar-refractivity contribution in [2.75, 3.05) is 48.1 Å². The molecule has 1 saturated heterocycles. The van der Waals surface area contributed by atoms with Gasteiger partial charge in [0, 0.05) is 55.1 Å². The van der Waals surface area contributed by atoms with Crippen LogP contribution in [-0.4, -0.2) is 93.5 Å². The standard InChI is InChI=1S/C42H51N5O8S/c1-26-34-23-31(54-6)17-19-32(34)38-37(28-10-8-7-9-11-28)33-18-14-29(39(48)44-56(51,52)45(3)4)22-35(33)47(38)25-42(26,2)43-40(49)41(50)46-20-21-55-24-36(46)27-12-15-30(53-5)16-13-27/h12-19,22-23,26,28,36H,7-11,20-21,24-25H2,1-6H3,(H,43,49)(H,44,48). The number of morpholine rings is 1. The Morgan fingerprint density at radius 2 is 1.62 bits per heavy atom. The summed E-state index contributed by atoms with van der Waals surface area (Å²) in [6, 6.07) is 18.3. The predicted molar refractivity (Wildman–Crippen MR) is 213 cm³/mol. The highest BCUT2D eigenvalue weighted by molar-refractivity contribution is 7.87. The number of benzene rings is 3. The number of hydrogen-bond acceptors (Lipinski definition) is 8. The molecule has 3 atom stereocenters. The maximum Gasteiger partial charge on any atom is 0.312 e. The summed E-state index contributed by atoms with van der Waals surface area (Å²) >= 11 is 0. The molecule has 3 aromatic carbocycles. The molecule has 2 fully saturated rings. The average Bonchev–Trinajstić information content (AvgIpc) is 3.48. The van der Waals surface area contributed by atoms with Gasteiger partial charge < -0.3 is 29.0 Å². The van der Waals surface area contributed by atoms with Crippen molar-refractivity contribution in [3.63, 3.8) is 0 Å². The topological polar surface area (TPSA) is 149 Å². The van der Waals surface area contributed by atoms with Crippen LogP contribution in [0.2, 0.25) is 0 Å². The van der Waals surface area contributed by atoms with Crippen LogP contribution in [0.15, 0.2) is 60.7 Å². The van der Waals surface area contributed by atoms with Crippen LogP contribution in [-0.2, 0) is 31.1 Å². The monoisotopic (exact) mass is 785 g/mol. The van der Waals surface area contributed by atoms with Crippen molar-refractivity contribution in [3.05, 3.63) is 82.9 Å². The number of rotatable bonds is 8. The van der Waals surface area contributed by atoms with Crippen LogP contribution in [0.1, 0.15) is 90.9 Å². The molecule has 7 rings (SSSR count). The lowest BCUT2D eigenvalue weighted by Crippen LogP contribution is -2.57. The van der Waals surface area contributed by atoms with Gasteiger partial charge in [-0.05, 0) is 84.8 Å². The minimum Gasteiger partial charge on any atom is -0.497 e. The van der Waals surface area contributed by atoms with E-state index in [4.69, 9.17) is 14.2 Å². The van der Waals surface area contributed by atoms with Crippen molar-refractivity contribution in [2.45, 2.75) is 75.9 Å². The fourth-order valence-corrected chi connectivity index (χ4v) is 9.17. The van der Waals surface area contributed by atoms with Crippen LogP contribution in [0.25, 0.3) is 22.2 Å². The second-order valence-electron chi connectivity index (χ2n) is 15.5. The lowest BCUT2D eigenvalue weighted by atomic mass is 9.78. The normalized spacial score (nSPS) is 21.5. The van der Waals surface area contributed by atoms with E-state index in [0.717, 1.165) is 63.3 Å². The number of nitrogens with one attached hydrogen (secondary N) is 2. The molecule has 14 heteroatoms. The summed E-state index contributed by atoms with van der Waals surface area (Å²) in [6.07, 6.45) is 5.38. The van der Waals surface area contributed by atoms with Gasteiger partial charge in [0.15, 0.2) is 0 Å². The molecule has 0 radical (unpaired) electrons. The molecule has 0 bridgehead atoms. The van der Waals surface area contributed by atoms with Crippen LogP contribution >= 0.6 is 0 Å². The summed E-state index contributed by atoms with van der Waals surface area (Å²) < 4.78 is 47.4. The van der Waals surface area contributed by atoms with Gasteiger partial charge in [-0.25, -0.2) is 4.72 Å². The first-order chi connectivity index (χ1) is 26.8. The van der Waals surface area contributed by atoms with E-state index in [2.05, 4.69) is 27.6 Å². The number of ether oxygens (including phenoxy) is 3. The van der Waals surface area contributed by atoms with Crippen molar-refractivity contribution in [1.29, 1.82) is 0 Å². The van der Waals surface area contributed by atoms with Gasteiger partial charge >= 0.3 is 22.0 Å². The highest BCUT2D eigenvalue weighted by Crippen LogP contribution is 2.50. The fourth-order valence-electron chi connectivity index (χ4n) is 8.63. The van der Waals surface area contributed by atoms with E-state index < -0.39 is 39.5 Å². The van der Waals surface area contributed by atoms with Crippen LogP contribution in [0.3, 0.4) is 0 Å². The van der Waals surface area contributed by atoms with E-state index in [1.807, 2.05) is 49.4 Å². The van der Waals surface area contributed by atoms with Crippen molar-refractivity contribution in [3.8, 4) is 22.8 Å². The predicted octanol–water partition coefficient (Wildman–Crippen LogP) is 5.50. The molecule has 1 aliphatic carbocycles. The molecule has 3 amide bonds. The number of fused-ring (bicyclic) bond motifs is 5. The van der Waals surface area contributed by atoms with Gasteiger partial charge in [-0.1, -0.05) is 44.4 Å². The molecule has 13 nitrogen and oxygen atoms in total. The van der Waals surface area contributed by atoms with Crippen molar-refractivity contribution in [1.82, 2.24) is 23.8 Å². The molecule has 2 N–H and O–H groups in total. The van der Waals surface area contributed by atoms with Crippen molar-refractivity contribution in [2.24, 2.45) is 0 Å². The van der Waals surface area contributed by atoms with Gasteiger partial charge in [-0.15, -0.1) is 0 Å². The van der Waals surface area contributed by atoms with E-state index in [1.54, 1.807) is 31.3 Å². The number of carbonyl (C=O) groups excluding carboxylic acids is 3. The van der Waals surface area contributed by atoms with Gasteiger partial charge in [0.1, 0.15) is 11.5 Å². The molecule has 2 aliphatic heterocycles. The maximum absolute atomic E-state index is 14.3. The number of carbonyl (C=O) groups is 3. The smallest absolute Gasteiger partial charge is 0.312 e. The highest BCUT2D eigenvalue weighted by atomic mass is 32.2. The number of amides is 3. The third-order valence-electron chi connectivity index (χ3n) is 12.0. The van der Waals surface area contributed by atoms with E-state index in [1.165, 1.54) is 26.1 Å². The zero-order chi connectivity index (χ0) is 39.9. The second-order valence-corrected chi connectivity index (χ2v) is 17.4. The molecule has 298 valence electrons. The van der Waals surface area contributed by atoms with Gasteiger partial charge in [0.05, 0.1) is 44.7 Å². The summed E-state index contributed by atoms with van der Waals surface area (Å²) in [6.45, 7) is 5.07. The minimum absolute atomic E-state index is 0.184. The fraction of sp³-hybridized carbons (Fsp3) is 0.452. The first kappa shape index (κ1) is 39.3. The number of nitrogens with zero attached hydrogens (tertiary/aromatic N) is 3. The van der Waals surface area contributed by atoms with Crippen LogP contribution in [0, 0.1) is 0 Å². The zero-order valence-corrected chi connectivity index (χ0v) is 33.7. The first-order valence-corrected chi connectivity index (χ1v) is 20.6. The van der Waals surface area contributed by atoms with Crippen molar-refractivity contribution >= 4 is 38.8 Å². The lowest BCUT2D eigenvalue weighted by Gasteiger charge is -2.39. The largest absolute Gasteiger partial charge is 0.497 e. The number of hydrogen-bond donors (Lipinski definition) is 2. The molecular weight excluding hydrogens is 735 g/mol. The Labute approximate surface area is 328 Å². The third-order valence-corrected chi connectivity index (χ3v) is 13.4.